The molecule has 1 aliphatic rings. The van der Waals surface area contributed by atoms with E-state index < -0.39 is 46.9 Å². The van der Waals surface area contributed by atoms with E-state index >= 15 is 0 Å². The van der Waals surface area contributed by atoms with E-state index in [4.69, 9.17) is 0 Å². The van der Waals surface area contributed by atoms with Gasteiger partial charge in [-0.15, -0.1) is 0 Å². The van der Waals surface area contributed by atoms with Gasteiger partial charge < -0.3 is 10.2 Å². The zero-order chi connectivity index (χ0) is 19.9. The number of anilines is 1. The maximum Gasteiger partial charge on any atom is 0.237 e. The standard InChI is InChI=1S/C19H16F4N2O2/c1-9-12(20)4-3-5-15(9)24-18(26)16-11(8-25(2)19(16)27)10-6-13(21)17(23)14(22)7-10/h3-7,11,16H,8H2,1-2H3,(H,24,26)/t11-,16+/m1/s1. The molecule has 1 N–H and O–H groups in total. The molecular formula is C19H16F4N2O2. The highest BCUT2D eigenvalue weighted by Crippen LogP contribution is 2.35. The van der Waals surface area contributed by atoms with Gasteiger partial charge in [0, 0.05) is 30.8 Å². The third kappa shape index (κ3) is 3.39. The molecule has 1 aliphatic heterocycles. The monoisotopic (exact) mass is 380 g/mol. The molecule has 0 aliphatic carbocycles. The first kappa shape index (κ1) is 18.9. The predicted molar refractivity (Wildman–Crippen MR) is 90.0 cm³/mol. The van der Waals surface area contributed by atoms with Crippen molar-refractivity contribution in [2.45, 2.75) is 12.8 Å². The molecule has 2 aromatic rings. The SMILES string of the molecule is Cc1c(F)cccc1NC(=O)[C@H]1C(=O)N(C)C[C@@H]1c1cc(F)c(F)c(F)c1. The maximum absolute atomic E-state index is 13.7. The number of nitrogens with one attached hydrogen (secondary N) is 1. The summed E-state index contributed by atoms with van der Waals surface area (Å²) in [5, 5.41) is 2.50. The summed E-state index contributed by atoms with van der Waals surface area (Å²) in [4.78, 5) is 26.4. The van der Waals surface area contributed by atoms with Gasteiger partial charge in [0.2, 0.25) is 11.8 Å². The summed E-state index contributed by atoms with van der Waals surface area (Å²) in [5.41, 5.74) is 0.387. The third-order valence-corrected chi connectivity index (χ3v) is 4.76. The molecule has 8 heteroatoms. The Morgan fingerprint density at radius 1 is 1.11 bits per heavy atom. The first-order valence-electron chi connectivity index (χ1n) is 8.16. The second-order valence-electron chi connectivity index (χ2n) is 6.50. The van der Waals surface area contributed by atoms with Crippen molar-refractivity contribution in [3.05, 3.63) is 64.7 Å². The third-order valence-electron chi connectivity index (χ3n) is 4.76. The van der Waals surface area contributed by atoms with Crippen LogP contribution in [-0.2, 0) is 9.59 Å². The van der Waals surface area contributed by atoms with Crippen molar-refractivity contribution in [1.82, 2.24) is 4.90 Å². The van der Waals surface area contributed by atoms with Gasteiger partial charge in [-0.25, -0.2) is 17.6 Å². The van der Waals surface area contributed by atoms with Gasteiger partial charge in [-0.3, -0.25) is 9.59 Å². The van der Waals surface area contributed by atoms with Gasteiger partial charge >= 0.3 is 0 Å². The van der Waals surface area contributed by atoms with E-state index in [1.165, 1.54) is 37.1 Å². The number of nitrogens with zero attached hydrogens (tertiary/aromatic N) is 1. The zero-order valence-electron chi connectivity index (χ0n) is 14.5. The Balaban J connectivity index is 1.95. The van der Waals surface area contributed by atoms with Gasteiger partial charge in [0.1, 0.15) is 11.7 Å². The van der Waals surface area contributed by atoms with E-state index in [2.05, 4.69) is 5.32 Å². The Labute approximate surface area is 152 Å². The fraction of sp³-hybridized carbons (Fsp3) is 0.263. The number of rotatable bonds is 3. The average molecular weight is 380 g/mol. The summed E-state index contributed by atoms with van der Waals surface area (Å²) in [6.07, 6.45) is 0. The van der Waals surface area contributed by atoms with Crippen LogP contribution in [0.1, 0.15) is 17.0 Å². The average Bonchev–Trinajstić information content (AvgIpc) is 2.91. The van der Waals surface area contributed by atoms with E-state index in [1.54, 1.807) is 0 Å². The Morgan fingerprint density at radius 2 is 1.74 bits per heavy atom. The molecule has 2 aromatic carbocycles. The number of amides is 2. The van der Waals surface area contributed by atoms with Crippen molar-refractivity contribution < 1.29 is 27.2 Å². The van der Waals surface area contributed by atoms with Crippen molar-refractivity contribution in [3.63, 3.8) is 0 Å². The van der Waals surface area contributed by atoms with Crippen LogP contribution in [0.25, 0.3) is 0 Å². The lowest BCUT2D eigenvalue weighted by Gasteiger charge is -2.18. The Morgan fingerprint density at radius 3 is 2.37 bits per heavy atom. The molecule has 1 heterocycles. The number of benzene rings is 2. The normalized spacial score (nSPS) is 19.5. The summed E-state index contributed by atoms with van der Waals surface area (Å²) < 4.78 is 54.1. The molecule has 1 saturated heterocycles. The highest BCUT2D eigenvalue weighted by Gasteiger charge is 2.44. The number of carbonyl (C=O) groups excluding carboxylic acids is 2. The van der Waals surface area contributed by atoms with E-state index in [0.29, 0.717) is 0 Å². The van der Waals surface area contributed by atoms with Crippen LogP contribution in [0.5, 0.6) is 0 Å². The van der Waals surface area contributed by atoms with Gasteiger partial charge in [0.25, 0.3) is 0 Å². The second kappa shape index (κ2) is 7.02. The zero-order valence-corrected chi connectivity index (χ0v) is 14.5. The molecule has 0 bridgehead atoms. The van der Waals surface area contributed by atoms with Crippen LogP contribution in [0.15, 0.2) is 30.3 Å². The highest BCUT2D eigenvalue weighted by atomic mass is 19.2. The van der Waals surface area contributed by atoms with Gasteiger partial charge in [0.05, 0.1) is 0 Å². The molecule has 142 valence electrons. The Kier molecular flexibility index (Phi) is 4.91. The van der Waals surface area contributed by atoms with E-state index in [1.807, 2.05) is 0 Å². The largest absolute Gasteiger partial charge is 0.344 e. The van der Waals surface area contributed by atoms with Crippen LogP contribution < -0.4 is 5.32 Å². The molecule has 2 atom stereocenters. The molecule has 0 unspecified atom stereocenters. The topological polar surface area (TPSA) is 49.4 Å². The first-order valence-corrected chi connectivity index (χ1v) is 8.16. The van der Waals surface area contributed by atoms with Crippen LogP contribution in [0.4, 0.5) is 23.2 Å². The molecular weight excluding hydrogens is 364 g/mol. The highest BCUT2D eigenvalue weighted by molar-refractivity contribution is 6.08. The summed E-state index contributed by atoms with van der Waals surface area (Å²) in [5.74, 6) is -8.36. The summed E-state index contributed by atoms with van der Waals surface area (Å²) in [7, 11) is 1.45. The molecule has 0 radical (unpaired) electrons. The first-order chi connectivity index (χ1) is 12.7. The van der Waals surface area contributed by atoms with Crippen LogP contribution in [0.2, 0.25) is 0 Å². The lowest BCUT2D eigenvalue weighted by Crippen LogP contribution is -2.33. The number of halogens is 4. The number of hydrogen-bond donors (Lipinski definition) is 1. The number of hydrogen-bond acceptors (Lipinski definition) is 2. The second-order valence-corrected chi connectivity index (χ2v) is 6.50. The van der Waals surface area contributed by atoms with Crippen molar-refractivity contribution in [2.24, 2.45) is 5.92 Å². The van der Waals surface area contributed by atoms with Gasteiger partial charge in [0.15, 0.2) is 17.5 Å². The van der Waals surface area contributed by atoms with Crippen molar-refractivity contribution in [3.8, 4) is 0 Å². The molecule has 1 fully saturated rings. The minimum absolute atomic E-state index is 0.000198. The summed E-state index contributed by atoms with van der Waals surface area (Å²) in [6, 6.07) is 5.67. The predicted octanol–water partition coefficient (Wildman–Crippen LogP) is 3.36. The quantitative estimate of drug-likeness (QED) is 0.504. The van der Waals surface area contributed by atoms with Gasteiger partial charge in [-0.05, 0) is 36.8 Å². The van der Waals surface area contributed by atoms with Crippen molar-refractivity contribution in [2.75, 3.05) is 18.9 Å². The fourth-order valence-electron chi connectivity index (χ4n) is 3.24. The van der Waals surface area contributed by atoms with Gasteiger partial charge in [-0.1, -0.05) is 6.07 Å². The lowest BCUT2D eigenvalue weighted by atomic mass is 9.87. The molecule has 2 amide bonds. The van der Waals surface area contributed by atoms with Crippen molar-refractivity contribution in [1.29, 1.82) is 0 Å². The minimum Gasteiger partial charge on any atom is -0.344 e. The van der Waals surface area contributed by atoms with Crippen LogP contribution in [0.3, 0.4) is 0 Å². The molecule has 27 heavy (non-hydrogen) atoms. The molecule has 0 spiro atoms. The fourth-order valence-corrected chi connectivity index (χ4v) is 3.24. The molecule has 0 aromatic heterocycles. The van der Waals surface area contributed by atoms with Crippen LogP contribution in [0, 0.1) is 36.1 Å². The smallest absolute Gasteiger partial charge is 0.237 e. The van der Waals surface area contributed by atoms with E-state index in [9.17, 15) is 27.2 Å². The van der Waals surface area contributed by atoms with Gasteiger partial charge in [-0.2, -0.15) is 0 Å². The van der Waals surface area contributed by atoms with Crippen molar-refractivity contribution >= 4 is 17.5 Å². The molecule has 4 nitrogen and oxygen atoms in total. The molecule has 3 rings (SSSR count). The lowest BCUT2D eigenvalue weighted by molar-refractivity contribution is -0.135. The maximum atomic E-state index is 13.7. The van der Waals surface area contributed by atoms with Crippen LogP contribution >= 0.6 is 0 Å². The summed E-state index contributed by atoms with van der Waals surface area (Å²) in [6.45, 7) is 1.50. The number of likely N-dealkylation sites (tertiary alicyclic amines) is 1. The summed E-state index contributed by atoms with van der Waals surface area (Å²) >= 11 is 0. The molecule has 0 saturated carbocycles. The Hall–Kier alpha value is -2.90. The minimum atomic E-state index is -1.62. The van der Waals surface area contributed by atoms with Crippen LogP contribution in [-0.4, -0.2) is 30.3 Å². The van der Waals surface area contributed by atoms with E-state index in [-0.39, 0.29) is 23.4 Å². The Bertz CT molecular complexity index is 909. The number of likely N-dealkylation sites (N-methyl/N-ethyl adjacent to an activating group) is 1. The van der Waals surface area contributed by atoms with E-state index in [0.717, 1.165) is 12.1 Å². The number of carbonyl (C=O) groups is 2.